The third kappa shape index (κ3) is 4.26. The van der Waals surface area contributed by atoms with Crippen LogP contribution in [0.3, 0.4) is 0 Å². The van der Waals surface area contributed by atoms with E-state index in [1.165, 1.54) is 19.1 Å². The molecule has 3 aliphatic heterocycles. The van der Waals surface area contributed by atoms with Crippen LogP contribution in [0.5, 0.6) is 11.6 Å². The minimum atomic E-state index is -0.455. The molecule has 0 saturated carbocycles. The molecule has 5 aromatic rings. The van der Waals surface area contributed by atoms with Crippen LogP contribution in [0.1, 0.15) is 12.0 Å². The van der Waals surface area contributed by atoms with E-state index in [0.29, 0.717) is 29.4 Å². The quantitative estimate of drug-likeness (QED) is 0.294. The molecule has 3 aliphatic rings. The van der Waals surface area contributed by atoms with Crippen LogP contribution in [0.2, 0.25) is 0 Å². The molecular weight excluding hydrogens is 512 g/mol. The average molecular weight is 541 g/mol. The van der Waals surface area contributed by atoms with Crippen molar-refractivity contribution in [2.45, 2.75) is 25.0 Å². The summed E-state index contributed by atoms with van der Waals surface area (Å²) in [5, 5.41) is 12.5. The number of pyridine rings is 3. The van der Waals surface area contributed by atoms with Gasteiger partial charge in [0.15, 0.2) is 12.3 Å². The Morgan fingerprint density at radius 3 is 2.67 bits per heavy atom. The highest BCUT2D eigenvalue weighted by atomic mass is 16.6. The fraction of sp³-hybridized carbons (Fsp3) is 0.321. The molecule has 2 bridgehead atoms. The van der Waals surface area contributed by atoms with Crippen molar-refractivity contribution >= 4 is 28.3 Å². The van der Waals surface area contributed by atoms with Gasteiger partial charge in [0.05, 0.1) is 37.5 Å². The first-order valence-corrected chi connectivity index (χ1v) is 13.1. The van der Waals surface area contributed by atoms with Gasteiger partial charge >= 0.3 is 5.97 Å². The summed E-state index contributed by atoms with van der Waals surface area (Å²) in [7, 11) is 2.96. The van der Waals surface area contributed by atoms with E-state index in [0.717, 1.165) is 47.5 Å². The summed E-state index contributed by atoms with van der Waals surface area (Å²) in [6.07, 6.45) is 8.48. The molecule has 5 aromatic heterocycles. The number of rotatable bonds is 8. The molecule has 8 heterocycles. The maximum Gasteiger partial charge on any atom is 0.343 e. The van der Waals surface area contributed by atoms with Crippen LogP contribution < -0.4 is 14.4 Å². The van der Waals surface area contributed by atoms with Gasteiger partial charge in [0, 0.05) is 61.3 Å². The number of nitrogens with one attached hydrogen (secondary N) is 1. The number of anilines is 1. The molecule has 0 aliphatic carbocycles. The number of piperazine rings is 1. The number of esters is 1. The van der Waals surface area contributed by atoms with Crippen LogP contribution in [0, 0.1) is 0 Å². The second-order valence-electron chi connectivity index (χ2n) is 10.1. The molecule has 1 N–H and O–H groups in total. The second-order valence-corrected chi connectivity index (χ2v) is 10.1. The predicted molar refractivity (Wildman–Crippen MR) is 146 cm³/mol. The van der Waals surface area contributed by atoms with Crippen LogP contribution >= 0.6 is 0 Å². The van der Waals surface area contributed by atoms with Crippen molar-refractivity contribution in [1.29, 1.82) is 0 Å². The largest absolute Gasteiger partial charge is 0.481 e. The molecule has 204 valence electrons. The molecule has 0 spiro atoms. The number of ether oxygens (including phenoxy) is 3. The number of nitrogens with zero attached hydrogens (tertiary/aromatic N) is 7. The summed E-state index contributed by atoms with van der Waals surface area (Å²) in [4.78, 5) is 25.8. The van der Waals surface area contributed by atoms with Gasteiger partial charge in [-0.05, 0) is 30.2 Å². The third-order valence-corrected chi connectivity index (χ3v) is 7.79. The number of carbonyl (C=O) groups excluding carboxylic acids is 1. The van der Waals surface area contributed by atoms with Crippen LogP contribution in [-0.4, -0.2) is 86.6 Å². The number of fused-ring (bicyclic) bond motifs is 5. The first kappa shape index (κ1) is 24.3. The maximum absolute atomic E-state index is 11.6. The van der Waals surface area contributed by atoms with E-state index >= 15 is 0 Å². The Hall–Kier alpha value is -4.71. The van der Waals surface area contributed by atoms with Crippen molar-refractivity contribution in [2.75, 3.05) is 38.8 Å². The number of hydrogen-bond acceptors (Lipinski definition) is 10. The normalized spacial score (nSPS) is 18.6. The van der Waals surface area contributed by atoms with Gasteiger partial charge < -0.3 is 19.1 Å². The van der Waals surface area contributed by atoms with E-state index in [2.05, 4.69) is 48.3 Å². The van der Waals surface area contributed by atoms with Gasteiger partial charge in [-0.15, -0.1) is 5.10 Å². The molecular formula is C28H28N8O4. The zero-order chi connectivity index (χ0) is 27.2. The summed E-state index contributed by atoms with van der Waals surface area (Å²) in [6.45, 7) is 2.57. The Bertz CT molecular complexity index is 1670. The number of aromatic amines is 1. The zero-order valence-electron chi connectivity index (χ0n) is 22.1. The zero-order valence-corrected chi connectivity index (χ0v) is 22.1. The number of carbonyl (C=O) groups is 1. The highest BCUT2D eigenvalue weighted by Crippen LogP contribution is 2.37. The van der Waals surface area contributed by atoms with Crippen molar-refractivity contribution in [3.63, 3.8) is 0 Å². The molecule has 12 nitrogen and oxygen atoms in total. The summed E-state index contributed by atoms with van der Waals surface area (Å²) in [5.74, 6) is 1.64. The molecule has 0 radical (unpaired) electrons. The molecule has 2 unspecified atom stereocenters. The molecule has 8 rings (SSSR count). The number of H-pyrrole nitrogens is 1. The summed E-state index contributed by atoms with van der Waals surface area (Å²) < 4.78 is 17.3. The van der Waals surface area contributed by atoms with Crippen LogP contribution in [0.4, 0.5) is 5.82 Å². The lowest BCUT2D eigenvalue weighted by Gasteiger charge is -2.56. The van der Waals surface area contributed by atoms with Crippen LogP contribution in [0.15, 0.2) is 55.1 Å². The molecule has 40 heavy (non-hydrogen) atoms. The van der Waals surface area contributed by atoms with E-state index in [1.54, 1.807) is 24.0 Å². The van der Waals surface area contributed by atoms with Gasteiger partial charge in [0.25, 0.3) is 0 Å². The van der Waals surface area contributed by atoms with Gasteiger partial charge in [-0.3, -0.25) is 10.00 Å². The van der Waals surface area contributed by atoms with Gasteiger partial charge in [0.1, 0.15) is 11.6 Å². The smallest absolute Gasteiger partial charge is 0.343 e. The van der Waals surface area contributed by atoms with Crippen molar-refractivity contribution in [2.24, 2.45) is 0 Å². The molecule has 3 fully saturated rings. The first-order valence-electron chi connectivity index (χ1n) is 13.1. The predicted octanol–water partition coefficient (Wildman–Crippen LogP) is 2.69. The standard InChI is InChI=1S/C28H28N8O4/c1-38-25-6-3-17(9-30-25)12-35-19-7-20(35)14-34(13-19)24-5-4-18(10-29-24)22-8-21(40-16-26(37)39-2)15-36-27(22)23-11-31-32-28(23)33-36/h3-6,8-11,15,19-20H,7,12-14,16H2,1-2H3,(H,32,33). The summed E-state index contributed by atoms with van der Waals surface area (Å²) in [6, 6.07) is 11.0. The number of aromatic nitrogens is 6. The van der Waals surface area contributed by atoms with E-state index < -0.39 is 5.97 Å². The second kappa shape index (κ2) is 9.79. The molecule has 3 saturated heterocycles. The number of hydrogen-bond donors (Lipinski definition) is 1. The van der Waals surface area contributed by atoms with Crippen molar-refractivity contribution in [3.05, 3.63) is 60.7 Å². The fourth-order valence-electron chi connectivity index (χ4n) is 5.74. The Labute approximate surface area is 229 Å². The Balaban J connectivity index is 1.11. The highest BCUT2D eigenvalue weighted by molar-refractivity contribution is 6.00. The maximum atomic E-state index is 11.6. The molecule has 12 heteroatoms. The highest BCUT2D eigenvalue weighted by Gasteiger charge is 2.44. The topological polar surface area (TPSA) is 123 Å². The molecule has 0 aromatic carbocycles. The molecule has 0 amide bonds. The third-order valence-electron chi connectivity index (χ3n) is 7.79. The minimum absolute atomic E-state index is 0.192. The van der Waals surface area contributed by atoms with Gasteiger partial charge in [0.2, 0.25) is 5.88 Å². The van der Waals surface area contributed by atoms with E-state index in [4.69, 9.17) is 19.2 Å². The molecule has 2 atom stereocenters. The summed E-state index contributed by atoms with van der Waals surface area (Å²) in [5.41, 5.74) is 4.54. The Kier molecular flexibility index (Phi) is 5.96. The lowest BCUT2D eigenvalue weighted by atomic mass is 9.87. The Morgan fingerprint density at radius 2 is 1.95 bits per heavy atom. The monoisotopic (exact) mass is 540 g/mol. The fourth-order valence-corrected chi connectivity index (χ4v) is 5.74. The van der Waals surface area contributed by atoms with Crippen LogP contribution in [-0.2, 0) is 16.1 Å². The van der Waals surface area contributed by atoms with E-state index in [9.17, 15) is 4.79 Å². The SMILES string of the molecule is COC(=O)COc1cc(-c2ccc(N3CC4CC(C3)N4Cc3ccc(OC)nc3)nc2)c2c3cn[nH]c3nn2c1. The lowest BCUT2D eigenvalue weighted by Crippen LogP contribution is -2.68. The number of piperidine rings is 1. The van der Waals surface area contributed by atoms with Crippen molar-refractivity contribution in [1.82, 2.24) is 34.7 Å². The first-order chi connectivity index (χ1) is 19.6. The lowest BCUT2D eigenvalue weighted by molar-refractivity contribution is -0.142. The number of methoxy groups -OCH3 is 2. The van der Waals surface area contributed by atoms with Gasteiger partial charge in [-0.1, -0.05) is 6.07 Å². The van der Waals surface area contributed by atoms with Gasteiger partial charge in [-0.2, -0.15) is 5.10 Å². The Morgan fingerprint density at radius 1 is 1.07 bits per heavy atom. The average Bonchev–Trinajstić information content (AvgIpc) is 3.60. The van der Waals surface area contributed by atoms with E-state index in [1.807, 2.05) is 24.5 Å². The van der Waals surface area contributed by atoms with Crippen molar-refractivity contribution < 1.29 is 19.0 Å². The minimum Gasteiger partial charge on any atom is -0.481 e. The van der Waals surface area contributed by atoms with Gasteiger partial charge in [-0.25, -0.2) is 19.3 Å². The summed E-state index contributed by atoms with van der Waals surface area (Å²) >= 11 is 0. The van der Waals surface area contributed by atoms with Crippen LogP contribution in [0.25, 0.3) is 27.7 Å². The van der Waals surface area contributed by atoms with E-state index in [-0.39, 0.29) is 6.61 Å². The van der Waals surface area contributed by atoms with Crippen molar-refractivity contribution in [3.8, 4) is 22.8 Å².